The number of esters is 1. The molecule has 0 rings (SSSR count). The van der Waals surface area contributed by atoms with Crippen LogP contribution in [0.25, 0.3) is 0 Å². The lowest BCUT2D eigenvalue weighted by Crippen LogP contribution is -2.46. The Morgan fingerprint density at radius 1 is 1.00 bits per heavy atom. The first kappa shape index (κ1) is 20.4. The average Bonchev–Trinajstić information content (AvgIpc) is 2.29. The van der Waals surface area contributed by atoms with Gasteiger partial charge < -0.3 is 19.9 Å². The SMILES string of the molecule is CC(C)(C)OC(=O)NC(CCC(=O)CO)C(=O)OC(C)(C)C. The highest BCUT2D eigenvalue weighted by molar-refractivity contribution is 5.84. The molecule has 0 spiro atoms. The number of ether oxygens (including phenoxy) is 2. The van der Waals surface area contributed by atoms with Gasteiger partial charge in [-0.1, -0.05) is 0 Å². The molecule has 0 radical (unpaired) electrons. The van der Waals surface area contributed by atoms with E-state index in [-0.39, 0.29) is 12.8 Å². The summed E-state index contributed by atoms with van der Waals surface area (Å²) in [5.74, 6) is -1.07. The van der Waals surface area contributed by atoms with Crippen molar-refractivity contribution in [2.24, 2.45) is 0 Å². The number of Topliss-reactive ketones (excluding diaryl/α,β-unsaturated/α-hetero) is 1. The largest absolute Gasteiger partial charge is 0.458 e. The lowest BCUT2D eigenvalue weighted by molar-refractivity contribution is -0.157. The Kier molecular flexibility index (Phi) is 7.52. The van der Waals surface area contributed by atoms with E-state index in [1.807, 2.05) is 0 Å². The highest BCUT2D eigenvalue weighted by Gasteiger charge is 2.28. The molecule has 2 N–H and O–H groups in total. The van der Waals surface area contributed by atoms with E-state index in [0.717, 1.165) is 0 Å². The highest BCUT2D eigenvalue weighted by atomic mass is 16.6. The predicted molar refractivity (Wildman–Crippen MR) is 80.3 cm³/mol. The van der Waals surface area contributed by atoms with Gasteiger partial charge in [-0.2, -0.15) is 0 Å². The van der Waals surface area contributed by atoms with Crippen LogP contribution in [0.4, 0.5) is 4.79 Å². The number of hydrogen-bond donors (Lipinski definition) is 2. The van der Waals surface area contributed by atoms with Gasteiger partial charge in [0, 0.05) is 6.42 Å². The summed E-state index contributed by atoms with van der Waals surface area (Å²) in [4.78, 5) is 35.1. The zero-order valence-electron chi connectivity index (χ0n) is 14.2. The minimum Gasteiger partial charge on any atom is -0.458 e. The molecule has 0 aliphatic rings. The van der Waals surface area contributed by atoms with Gasteiger partial charge in [0.2, 0.25) is 0 Å². The van der Waals surface area contributed by atoms with Crippen molar-refractivity contribution in [1.29, 1.82) is 0 Å². The molecule has 0 saturated carbocycles. The van der Waals surface area contributed by atoms with Crippen molar-refractivity contribution < 1.29 is 29.0 Å². The first-order valence-corrected chi connectivity index (χ1v) is 7.19. The third-order valence-corrected chi connectivity index (χ3v) is 2.27. The molecule has 0 fully saturated rings. The number of aliphatic hydroxyl groups is 1. The van der Waals surface area contributed by atoms with Crippen LogP contribution in [0, 0.1) is 0 Å². The third-order valence-electron chi connectivity index (χ3n) is 2.27. The molecule has 0 aromatic carbocycles. The molecule has 0 aliphatic carbocycles. The van der Waals surface area contributed by atoms with Gasteiger partial charge in [0.25, 0.3) is 0 Å². The van der Waals surface area contributed by atoms with Crippen LogP contribution in [-0.2, 0) is 19.1 Å². The highest BCUT2D eigenvalue weighted by Crippen LogP contribution is 2.12. The lowest BCUT2D eigenvalue weighted by Gasteiger charge is -2.26. The van der Waals surface area contributed by atoms with Gasteiger partial charge in [0.15, 0.2) is 5.78 Å². The van der Waals surface area contributed by atoms with Crippen molar-refractivity contribution in [2.75, 3.05) is 6.61 Å². The minimum atomic E-state index is -1.01. The van der Waals surface area contributed by atoms with Crippen molar-refractivity contribution >= 4 is 17.8 Å². The van der Waals surface area contributed by atoms with Gasteiger partial charge in [-0.15, -0.1) is 0 Å². The summed E-state index contributed by atoms with van der Waals surface area (Å²) in [6.45, 7) is 9.60. The molecule has 0 aliphatic heterocycles. The van der Waals surface area contributed by atoms with Crippen LogP contribution in [0.15, 0.2) is 0 Å². The maximum absolute atomic E-state index is 12.1. The van der Waals surface area contributed by atoms with Gasteiger partial charge >= 0.3 is 12.1 Å². The summed E-state index contributed by atoms with van der Waals surface area (Å²) in [6, 6.07) is -1.01. The maximum atomic E-state index is 12.1. The number of aliphatic hydroxyl groups excluding tert-OH is 1. The van der Waals surface area contributed by atoms with E-state index in [0.29, 0.717) is 0 Å². The van der Waals surface area contributed by atoms with Crippen LogP contribution in [0.5, 0.6) is 0 Å². The molecule has 0 heterocycles. The van der Waals surface area contributed by atoms with Crippen LogP contribution in [0.2, 0.25) is 0 Å². The quantitative estimate of drug-likeness (QED) is 0.721. The molecule has 0 saturated heterocycles. The number of hydrogen-bond acceptors (Lipinski definition) is 6. The smallest absolute Gasteiger partial charge is 0.408 e. The number of rotatable bonds is 6. The normalized spacial score (nSPS) is 13.2. The van der Waals surface area contributed by atoms with Crippen LogP contribution in [0.3, 0.4) is 0 Å². The van der Waals surface area contributed by atoms with Gasteiger partial charge in [-0.25, -0.2) is 9.59 Å². The van der Waals surface area contributed by atoms with Crippen LogP contribution in [0.1, 0.15) is 54.4 Å². The number of ketones is 1. The summed E-state index contributed by atoms with van der Waals surface area (Å²) < 4.78 is 10.3. The maximum Gasteiger partial charge on any atom is 0.408 e. The number of nitrogens with one attached hydrogen (secondary N) is 1. The second-order valence-corrected chi connectivity index (χ2v) is 6.97. The average molecular weight is 317 g/mol. The Balaban J connectivity index is 4.81. The van der Waals surface area contributed by atoms with Crippen molar-refractivity contribution in [3.63, 3.8) is 0 Å². The van der Waals surface area contributed by atoms with Gasteiger partial charge in [-0.05, 0) is 48.0 Å². The zero-order chi connectivity index (χ0) is 17.6. The first-order chi connectivity index (χ1) is 9.84. The number of carbonyl (C=O) groups is 3. The molecule has 0 aromatic rings. The van der Waals surface area contributed by atoms with E-state index in [4.69, 9.17) is 14.6 Å². The monoisotopic (exact) mass is 317 g/mol. The van der Waals surface area contributed by atoms with Gasteiger partial charge in [0.1, 0.15) is 23.9 Å². The van der Waals surface area contributed by atoms with Crippen molar-refractivity contribution in [2.45, 2.75) is 71.6 Å². The Bertz CT molecular complexity index is 405. The summed E-state index contributed by atoms with van der Waals surface area (Å²) >= 11 is 0. The standard InChI is InChI=1S/C15H27NO6/c1-14(2,3)21-12(19)11(8-7-10(18)9-17)16-13(20)22-15(4,5)6/h11,17H,7-9H2,1-6H3,(H,16,20). The summed E-state index contributed by atoms with van der Waals surface area (Å²) in [5, 5.41) is 11.1. The third kappa shape index (κ3) is 10.1. The van der Waals surface area contributed by atoms with E-state index in [1.54, 1.807) is 41.5 Å². The van der Waals surface area contributed by atoms with E-state index in [2.05, 4.69) is 5.32 Å². The summed E-state index contributed by atoms with van der Waals surface area (Å²) in [6.07, 6.45) is -0.774. The molecule has 7 heteroatoms. The molecule has 1 unspecified atom stereocenters. The molecular weight excluding hydrogens is 290 g/mol. The van der Waals surface area contributed by atoms with E-state index < -0.39 is 41.7 Å². The number of alkyl carbamates (subject to hydrolysis) is 1. The Morgan fingerprint density at radius 2 is 1.50 bits per heavy atom. The van der Waals surface area contributed by atoms with Crippen LogP contribution >= 0.6 is 0 Å². The van der Waals surface area contributed by atoms with E-state index >= 15 is 0 Å². The Morgan fingerprint density at radius 3 is 1.91 bits per heavy atom. The predicted octanol–water partition coefficient (Wildman–Crippen LogP) is 1.56. The van der Waals surface area contributed by atoms with Crippen molar-refractivity contribution in [1.82, 2.24) is 5.32 Å². The lowest BCUT2D eigenvalue weighted by atomic mass is 10.1. The molecule has 0 bridgehead atoms. The molecule has 128 valence electrons. The fraction of sp³-hybridized carbons (Fsp3) is 0.800. The van der Waals surface area contributed by atoms with Gasteiger partial charge in [0.05, 0.1) is 0 Å². The Hall–Kier alpha value is -1.63. The second-order valence-electron chi connectivity index (χ2n) is 6.97. The van der Waals surface area contributed by atoms with Crippen molar-refractivity contribution in [3.05, 3.63) is 0 Å². The Labute approximate surface area is 131 Å². The molecule has 22 heavy (non-hydrogen) atoms. The number of amides is 1. The number of carbonyl (C=O) groups excluding carboxylic acids is 3. The summed E-state index contributed by atoms with van der Waals surface area (Å²) in [7, 11) is 0. The molecule has 7 nitrogen and oxygen atoms in total. The van der Waals surface area contributed by atoms with Crippen molar-refractivity contribution in [3.8, 4) is 0 Å². The fourth-order valence-corrected chi connectivity index (χ4v) is 1.46. The molecular formula is C15H27NO6. The molecule has 1 atom stereocenters. The first-order valence-electron chi connectivity index (χ1n) is 7.19. The van der Waals surface area contributed by atoms with Crippen LogP contribution < -0.4 is 5.32 Å². The van der Waals surface area contributed by atoms with Gasteiger partial charge in [-0.3, -0.25) is 4.79 Å². The molecule has 1 amide bonds. The zero-order valence-corrected chi connectivity index (χ0v) is 14.2. The molecule has 0 aromatic heterocycles. The summed E-state index contributed by atoms with van der Waals surface area (Å²) in [5.41, 5.74) is -1.42. The topological polar surface area (TPSA) is 102 Å². The minimum absolute atomic E-state index is 0.0353. The second kappa shape index (κ2) is 8.12. The van der Waals surface area contributed by atoms with E-state index in [1.165, 1.54) is 0 Å². The fourth-order valence-electron chi connectivity index (χ4n) is 1.46. The van der Waals surface area contributed by atoms with Crippen LogP contribution in [-0.4, -0.2) is 46.8 Å². The van der Waals surface area contributed by atoms with E-state index in [9.17, 15) is 14.4 Å².